The lowest BCUT2D eigenvalue weighted by atomic mass is 9.99. The van der Waals surface area contributed by atoms with Crippen molar-refractivity contribution in [3.63, 3.8) is 0 Å². The van der Waals surface area contributed by atoms with Crippen LogP contribution in [0.3, 0.4) is 0 Å². The molecule has 2 aliphatic rings. The standard InChI is InChI=1S/C11H18BrNO/c1-10(2)8(12)4-7-13(10)9(14)11(3)5-6-11/h8H,4-7H2,1-3H3. The number of hydrogen-bond acceptors (Lipinski definition) is 1. The molecule has 1 saturated heterocycles. The summed E-state index contributed by atoms with van der Waals surface area (Å²) in [5.74, 6) is 0.365. The molecule has 1 aliphatic carbocycles. The molecular weight excluding hydrogens is 242 g/mol. The lowest BCUT2D eigenvalue weighted by molar-refractivity contribution is -0.139. The number of likely N-dealkylation sites (tertiary alicyclic amines) is 1. The Kier molecular flexibility index (Phi) is 2.22. The summed E-state index contributed by atoms with van der Waals surface area (Å²) in [6, 6.07) is 0. The third-order valence-corrected chi connectivity index (χ3v) is 5.41. The third kappa shape index (κ3) is 1.40. The van der Waals surface area contributed by atoms with Crippen LogP contribution < -0.4 is 0 Å². The number of amides is 1. The molecule has 80 valence electrons. The van der Waals surface area contributed by atoms with E-state index in [0.717, 1.165) is 25.8 Å². The van der Waals surface area contributed by atoms with E-state index >= 15 is 0 Å². The predicted octanol–water partition coefficient (Wildman–Crippen LogP) is 2.56. The van der Waals surface area contributed by atoms with Crippen molar-refractivity contribution < 1.29 is 4.79 Å². The Morgan fingerprint density at radius 3 is 2.29 bits per heavy atom. The van der Waals surface area contributed by atoms with Crippen molar-refractivity contribution in [1.29, 1.82) is 0 Å². The minimum Gasteiger partial charge on any atom is -0.336 e. The highest BCUT2D eigenvalue weighted by molar-refractivity contribution is 9.09. The van der Waals surface area contributed by atoms with Gasteiger partial charge in [-0.3, -0.25) is 4.79 Å². The first-order valence-corrected chi connectivity index (χ1v) is 6.26. The Labute approximate surface area is 94.2 Å². The van der Waals surface area contributed by atoms with Crippen LogP contribution in [0, 0.1) is 5.41 Å². The summed E-state index contributed by atoms with van der Waals surface area (Å²) in [4.78, 5) is 14.7. The molecule has 0 spiro atoms. The fourth-order valence-electron chi connectivity index (χ4n) is 2.14. The second-order valence-electron chi connectivity index (χ2n) is 5.43. The van der Waals surface area contributed by atoms with Gasteiger partial charge in [0.2, 0.25) is 5.91 Å². The van der Waals surface area contributed by atoms with Gasteiger partial charge in [-0.2, -0.15) is 0 Å². The highest BCUT2D eigenvalue weighted by Crippen LogP contribution is 2.49. The van der Waals surface area contributed by atoms with Crippen molar-refractivity contribution in [2.75, 3.05) is 6.54 Å². The summed E-state index contributed by atoms with van der Waals surface area (Å²) >= 11 is 3.66. The maximum atomic E-state index is 12.2. The molecule has 1 saturated carbocycles. The van der Waals surface area contributed by atoms with Crippen LogP contribution in [0.1, 0.15) is 40.0 Å². The quantitative estimate of drug-likeness (QED) is 0.663. The van der Waals surface area contributed by atoms with Crippen LogP contribution >= 0.6 is 15.9 Å². The molecule has 1 unspecified atom stereocenters. The van der Waals surface area contributed by atoms with Gasteiger partial charge in [-0.15, -0.1) is 0 Å². The molecule has 0 bridgehead atoms. The van der Waals surface area contributed by atoms with Gasteiger partial charge in [0.25, 0.3) is 0 Å². The minimum absolute atomic E-state index is 0.0112. The summed E-state index contributed by atoms with van der Waals surface area (Å²) in [6.45, 7) is 7.32. The molecule has 2 fully saturated rings. The Bertz CT molecular complexity index is 270. The first-order valence-electron chi connectivity index (χ1n) is 5.34. The maximum Gasteiger partial charge on any atom is 0.228 e. The lowest BCUT2D eigenvalue weighted by Gasteiger charge is -2.35. The van der Waals surface area contributed by atoms with Crippen LogP contribution in [-0.4, -0.2) is 27.7 Å². The van der Waals surface area contributed by atoms with Crippen molar-refractivity contribution in [3.05, 3.63) is 0 Å². The van der Waals surface area contributed by atoms with E-state index in [-0.39, 0.29) is 11.0 Å². The highest BCUT2D eigenvalue weighted by atomic mass is 79.9. The van der Waals surface area contributed by atoms with E-state index in [1.54, 1.807) is 0 Å². The first kappa shape index (κ1) is 10.5. The van der Waals surface area contributed by atoms with Crippen molar-refractivity contribution in [3.8, 4) is 0 Å². The number of alkyl halides is 1. The average molecular weight is 260 g/mol. The topological polar surface area (TPSA) is 20.3 Å². The summed E-state index contributed by atoms with van der Waals surface area (Å²) < 4.78 is 0. The molecule has 1 atom stereocenters. The van der Waals surface area contributed by atoms with E-state index in [1.807, 2.05) is 0 Å². The zero-order chi connectivity index (χ0) is 10.6. The molecule has 0 aromatic carbocycles. The minimum atomic E-state index is -0.0195. The van der Waals surface area contributed by atoms with Crippen molar-refractivity contribution in [2.45, 2.75) is 50.4 Å². The SMILES string of the molecule is CC1(C(=O)N2CCC(Br)C2(C)C)CC1. The van der Waals surface area contributed by atoms with Crippen molar-refractivity contribution in [2.24, 2.45) is 5.41 Å². The van der Waals surface area contributed by atoms with Crippen LogP contribution in [0.5, 0.6) is 0 Å². The second kappa shape index (κ2) is 2.97. The van der Waals surface area contributed by atoms with E-state index in [9.17, 15) is 4.79 Å². The zero-order valence-corrected chi connectivity index (χ0v) is 10.7. The van der Waals surface area contributed by atoms with Crippen LogP contribution in [0.2, 0.25) is 0 Å². The van der Waals surface area contributed by atoms with E-state index < -0.39 is 0 Å². The number of carbonyl (C=O) groups excluding carboxylic acids is 1. The predicted molar refractivity (Wildman–Crippen MR) is 60.5 cm³/mol. The molecule has 1 heterocycles. The normalized spacial score (nSPS) is 33.1. The molecular formula is C11H18BrNO. The molecule has 0 N–H and O–H groups in total. The number of halogens is 1. The Morgan fingerprint density at radius 2 is 1.93 bits per heavy atom. The number of nitrogens with zero attached hydrogens (tertiary/aromatic N) is 1. The van der Waals surface area contributed by atoms with Crippen LogP contribution in [0.15, 0.2) is 0 Å². The van der Waals surface area contributed by atoms with Gasteiger partial charge in [-0.25, -0.2) is 0 Å². The van der Waals surface area contributed by atoms with Crippen LogP contribution in [0.4, 0.5) is 0 Å². The van der Waals surface area contributed by atoms with Gasteiger partial charge < -0.3 is 4.90 Å². The van der Waals surface area contributed by atoms with E-state index in [4.69, 9.17) is 0 Å². The van der Waals surface area contributed by atoms with Gasteiger partial charge in [-0.1, -0.05) is 22.9 Å². The molecule has 0 aromatic heterocycles. The smallest absolute Gasteiger partial charge is 0.228 e. The summed E-state index contributed by atoms with van der Waals surface area (Å²) in [7, 11) is 0. The number of carbonyl (C=O) groups is 1. The molecule has 0 aromatic rings. The third-order valence-electron chi connectivity index (χ3n) is 3.83. The zero-order valence-electron chi connectivity index (χ0n) is 9.14. The monoisotopic (exact) mass is 259 g/mol. The Morgan fingerprint density at radius 1 is 1.36 bits per heavy atom. The largest absolute Gasteiger partial charge is 0.336 e. The number of rotatable bonds is 1. The Balaban J connectivity index is 2.16. The fraction of sp³-hybridized carbons (Fsp3) is 0.909. The maximum absolute atomic E-state index is 12.2. The summed E-state index contributed by atoms with van der Waals surface area (Å²) in [5.41, 5.74) is -0.0307. The lowest BCUT2D eigenvalue weighted by Crippen LogP contribution is -2.48. The van der Waals surface area contributed by atoms with Crippen LogP contribution in [0.25, 0.3) is 0 Å². The van der Waals surface area contributed by atoms with Gasteiger partial charge in [0.1, 0.15) is 0 Å². The van der Waals surface area contributed by atoms with Gasteiger partial charge in [0, 0.05) is 22.3 Å². The van der Waals surface area contributed by atoms with Crippen molar-refractivity contribution in [1.82, 2.24) is 4.90 Å². The molecule has 2 rings (SSSR count). The van der Waals surface area contributed by atoms with Crippen molar-refractivity contribution >= 4 is 21.8 Å². The summed E-state index contributed by atoms with van der Waals surface area (Å²) in [6.07, 6.45) is 3.23. The summed E-state index contributed by atoms with van der Waals surface area (Å²) in [5, 5.41) is 0. The van der Waals surface area contributed by atoms with E-state index in [0.29, 0.717) is 10.7 Å². The molecule has 1 aliphatic heterocycles. The molecule has 1 amide bonds. The van der Waals surface area contributed by atoms with E-state index in [1.165, 1.54) is 0 Å². The van der Waals surface area contributed by atoms with E-state index in [2.05, 4.69) is 41.6 Å². The molecule has 0 radical (unpaired) electrons. The Hall–Kier alpha value is -0.0500. The fourth-order valence-corrected chi connectivity index (χ4v) is 2.60. The molecule has 3 heteroatoms. The first-order chi connectivity index (χ1) is 6.38. The van der Waals surface area contributed by atoms with Gasteiger partial charge in [0.05, 0.1) is 0 Å². The number of hydrogen-bond donors (Lipinski definition) is 0. The van der Waals surface area contributed by atoms with Gasteiger partial charge in [0.15, 0.2) is 0 Å². The molecule has 14 heavy (non-hydrogen) atoms. The average Bonchev–Trinajstić information content (AvgIpc) is 2.78. The highest BCUT2D eigenvalue weighted by Gasteiger charge is 2.52. The second-order valence-corrected chi connectivity index (χ2v) is 6.53. The van der Waals surface area contributed by atoms with Crippen LogP contribution in [-0.2, 0) is 4.79 Å². The van der Waals surface area contributed by atoms with Gasteiger partial charge in [-0.05, 0) is 33.1 Å². The van der Waals surface area contributed by atoms with Gasteiger partial charge >= 0.3 is 0 Å². The molecule has 2 nitrogen and oxygen atoms in total.